The summed E-state index contributed by atoms with van der Waals surface area (Å²) in [5, 5.41) is 3.08. The van der Waals surface area contributed by atoms with Gasteiger partial charge in [0.25, 0.3) is 0 Å². The summed E-state index contributed by atoms with van der Waals surface area (Å²) < 4.78 is 7.34. The first-order chi connectivity index (χ1) is 16.7. The van der Waals surface area contributed by atoms with Crippen molar-refractivity contribution in [2.24, 2.45) is 0 Å². The van der Waals surface area contributed by atoms with Crippen LogP contribution in [0.25, 0.3) is 38.6 Å². The van der Waals surface area contributed by atoms with Gasteiger partial charge in [-0.1, -0.05) is 54.6 Å². The van der Waals surface area contributed by atoms with Crippen LogP contribution in [0.15, 0.2) is 85.2 Å². The number of carbonyl (C=O) groups is 1. The Morgan fingerprint density at radius 2 is 1.85 bits per heavy atom. The third-order valence-corrected chi connectivity index (χ3v) is 6.56. The second-order valence-corrected chi connectivity index (χ2v) is 8.52. The molecule has 34 heavy (non-hydrogen) atoms. The summed E-state index contributed by atoms with van der Waals surface area (Å²) in [6.45, 7) is 2.13. The highest BCUT2D eigenvalue weighted by atomic mass is 16.5. The molecule has 3 aromatic carbocycles. The van der Waals surface area contributed by atoms with E-state index in [9.17, 15) is 4.79 Å². The summed E-state index contributed by atoms with van der Waals surface area (Å²) in [6.07, 6.45) is 4.77. The predicted octanol–water partition coefficient (Wildman–Crippen LogP) is 6.32. The first-order valence-corrected chi connectivity index (χ1v) is 11.3. The average Bonchev–Trinajstić information content (AvgIpc) is 3.45. The zero-order valence-corrected chi connectivity index (χ0v) is 19.0. The average molecular weight is 446 g/mol. The number of hydrogen-bond donors (Lipinski definition) is 1. The Balaban J connectivity index is 1.63. The van der Waals surface area contributed by atoms with Crippen molar-refractivity contribution in [2.75, 3.05) is 7.11 Å². The molecule has 0 aliphatic heterocycles. The Labute approximate surface area is 196 Å². The number of methoxy groups -OCH3 is 1. The summed E-state index contributed by atoms with van der Waals surface area (Å²) in [5.41, 5.74) is 7.52. The van der Waals surface area contributed by atoms with E-state index in [4.69, 9.17) is 9.72 Å². The maximum absolute atomic E-state index is 13.0. The standard InChI is InChI=1S/C29H23N3O2/c1-18-8-7-11-23-26(18)20(17-30-23)16-24-28(31-25-12-5-6-15-32(24)25)22-14-13-19-9-3-4-10-21(19)27(22)29(33)34-2/h3-15,17,30H,16H2,1-2H3. The van der Waals surface area contributed by atoms with Gasteiger partial charge < -0.3 is 14.1 Å². The van der Waals surface area contributed by atoms with Crippen molar-refractivity contribution in [3.8, 4) is 11.3 Å². The van der Waals surface area contributed by atoms with Crippen molar-refractivity contribution >= 4 is 33.3 Å². The Bertz CT molecular complexity index is 1710. The molecule has 0 aliphatic carbocycles. The SMILES string of the molecule is COC(=O)c1c(-c2nc3ccccn3c2Cc2c[nH]c3cccc(C)c23)ccc2ccccc12. The molecule has 0 spiro atoms. The number of nitrogens with zero attached hydrogens (tertiary/aromatic N) is 2. The van der Waals surface area contributed by atoms with E-state index in [2.05, 4.69) is 40.7 Å². The van der Waals surface area contributed by atoms with E-state index >= 15 is 0 Å². The molecule has 0 aliphatic rings. The second-order valence-electron chi connectivity index (χ2n) is 8.52. The molecule has 0 saturated carbocycles. The maximum atomic E-state index is 13.0. The van der Waals surface area contributed by atoms with Crippen LogP contribution >= 0.6 is 0 Å². The third kappa shape index (κ3) is 3.09. The minimum absolute atomic E-state index is 0.363. The summed E-state index contributed by atoms with van der Waals surface area (Å²) in [7, 11) is 1.42. The molecule has 0 unspecified atom stereocenters. The molecule has 0 bridgehead atoms. The van der Waals surface area contributed by atoms with Gasteiger partial charge in [-0.15, -0.1) is 0 Å². The van der Waals surface area contributed by atoms with Gasteiger partial charge in [0.05, 0.1) is 24.1 Å². The minimum Gasteiger partial charge on any atom is -0.465 e. The number of rotatable bonds is 4. The van der Waals surface area contributed by atoms with Crippen molar-refractivity contribution in [3.63, 3.8) is 0 Å². The molecule has 0 saturated heterocycles. The van der Waals surface area contributed by atoms with E-state index in [0.717, 1.165) is 38.9 Å². The monoisotopic (exact) mass is 445 g/mol. The number of aryl methyl sites for hydroxylation is 1. The molecule has 3 heterocycles. The Hall–Kier alpha value is -4.38. The lowest BCUT2D eigenvalue weighted by atomic mass is 9.94. The number of carbonyl (C=O) groups excluding carboxylic acids is 1. The molecule has 6 aromatic rings. The van der Waals surface area contributed by atoms with Gasteiger partial charge in [0.1, 0.15) is 5.65 Å². The summed E-state index contributed by atoms with van der Waals surface area (Å²) in [4.78, 5) is 21.4. The van der Waals surface area contributed by atoms with Gasteiger partial charge in [0.2, 0.25) is 0 Å². The van der Waals surface area contributed by atoms with Gasteiger partial charge >= 0.3 is 5.97 Å². The van der Waals surface area contributed by atoms with Crippen LogP contribution in [-0.4, -0.2) is 27.4 Å². The number of H-pyrrole nitrogens is 1. The van der Waals surface area contributed by atoms with Crippen molar-refractivity contribution < 1.29 is 9.53 Å². The molecular formula is C29H23N3O2. The molecule has 0 radical (unpaired) electrons. The van der Waals surface area contributed by atoms with Crippen LogP contribution in [0.5, 0.6) is 0 Å². The lowest BCUT2D eigenvalue weighted by molar-refractivity contribution is 0.0604. The predicted molar refractivity (Wildman–Crippen MR) is 135 cm³/mol. The minimum atomic E-state index is -0.363. The first-order valence-electron chi connectivity index (χ1n) is 11.3. The number of hydrogen-bond acceptors (Lipinski definition) is 3. The highest BCUT2D eigenvalue weighted by Crippen LogP contribution is 2.35. The third-order valence-electron chi connectivity index (χ3n) is 6.56. The molecule has 166 valence electrons. The van der Waals surface area contributed by atoms with Crippen LogP contribution < -0.4 is 0 Å². The number of esters is 1. The Morgan fingerprint density at radius 3 is 2.74 bits per heavy atom. The lowest BCUT2D eigenvalue weighted by Gasteiger charge is -2.12. The number of nitrogens with one attached hydrogen (secondary N) is 1. The highest BCUT2D eigenvalue weighted by Gasteiger charge is 2.23. The van der Waals surface area contributed by atoms with Crippen molar-refractivity contribution in [3.05, 3.63) is 108 Å². The highest BCUT2D eigenvalue weighted by molar-refractivity contribution is 6.10. The number of pyridine rings is 1. The molecule has 0 atom stereocenters. The van der Waals surface area contributed by atoms with Gasteiger partial charge in [0.15, 0.2) is 0 Å². The summed E-state index contributed by atoms with van der Waals surface area (Å²) in [6, 6.07) is 24.2. The maximum Gasteiger partial charge on any atom is 0.339 e. The molecular weight excluding hydrogens is 422 g/mol. The molecule has 0 fully saturated rings. The van der Waals surface area contributed by atoms with E-state index in [1.165, 1.54) is 23.6 Å². The Morgan fingerprint density at radius 1 is 1.00 bits per heavy atom. The summed E-state index contributed by atoms with van der Waals surface area (Å²) in [5.74, 6) is -0.363. The Kier molecular flexibility index (Phi) is 4.69. The normalized spacial score (nSPS) is 11.5. The zero-order chi connectivity index (χ0) is 23.2. The van der Waals surface area contributed by atoms with Gasteiger partial charge in [0, 0.05) is 35.3 Å². The quantitative estimate of drug-likeness (QED) is 0.323. The van der Waals surface area contributed by atoms with Gasteiger partial charge in [-0.2, -0.15) is 0 Å². The fraction of sp³-hybridized carbons (Fsp3) is 0.103. The fourth-order valence-corrected chi connectivity index (χ4v) is 4.99. The lowest BCUT2D eigenvalue weighted by Crippen LogP contribution is -2.06. The van der Waals surface area contributed by atoms with Gasteiger partial charge in [-0.3, -0.25) is 0 Å². The van der Waals surface area contributed by atoms with Gasteiger partial charge in [-0.05, 0) is 47.0 Å². The zero-order valence-electron chi connectivity index (χ0n) is 19.0. The largest absolute Gasteiger partial charge is 0.465 e. The van der Waals surface area contributed by atoms with E-state index in [0.29, 0.717) is 12.0 Å². The second kappa shape index (κ2) is 7.89. The number of fused-ring (bicyclic) bond motifs is 3. The van der Waals surface area contributed by atoms with Crippen molar-refractivity contribution in [2.45, 2.75) is 13.3 Å². The number of benzene rings is 3. The molecule has 0 amide bonds. The smallest absolute Gasteiger partial charge is 0.339 e. The van der Waals surface area contributed by atoms with E-state index in [1.54, 1.807) is 0 Å². The van der Waals surface area contributed by atoms with Crippen LogP contribution in [0.2, 0.25) is 0 Å². The van der Waals surface area contributed by atoms with Crippen molar-refractivity contribution in [1.29, 1.82) is 0 Å². The van der Waals surface area contributed by atoms with Crippen molar-refractivity contribution in [1.82, 2.24) is 14.4 Å². The summed E-state index contributed by atoms with van der Waals surface area (Å²) >= 11 is 0. The number of aromatic amines is 1. The first kappa shape index (κ1) is 20.2. The van der Waals surface area contributed by atoms with Crippen LogP contribution in [0, 0.1) is 6.92 Å². The molecule has 5 nitrogen and oxygen atoms in total. The molecule has 6 rings (SSSR count). The van der Waals surface area contributed by atoms with Crippen LogP contribution in [0.3, 0.4) is 0 Å². The number of ether oxygens (including phenoxy) is 1. The van der Waals surface area contributed by atoms with E-state index in [-0.39, 0.29) is 5.97 Å². The molecule has 1 N–H and O–H groups in total. The number of aromatic nitrogens is 3. The fourth-order valence-electron chi connectivity index (χ4n) is 4.99. The van der Waals surface area contributed by atoms with Gasteiger partial charge in [-0.25, -0.2) is 9.78 Å². The van der Waals surface area contributed by atoms with E-state index < -0.39 is 0 Å². The number of imidazole rings is 1. The van der Waals surface area contributed by atoms with Crippen LogP contribution in [-0.2, 0) is 11.2 Å². The molecule has 3 aromatic heterocycles. The van der Waals surface area contributed by atoms with Crippen LogP contribution in [0.1, 0.15) is 27.2 Å². The molecule has 5 heteroatoms. The topological polar surface area (TPSA) is 59.4 Å². The van der Waals surface area contributed by atoms with E-state index in [1.807, 2.05) is 60.8 Å². The van der Waals surface area contributed by atoms with Crippen LogP contribution in [0.4, 0.5) is 0 Å².